The number of amides is 1. The van der Waals surface area contributed by atoms with Crippen molar-refractivity contribution < 1.29 is 62.9 Å². The molecular weight excluding hydrogens is 680 g/mol. The van der Waals surface area contributed by atoms with Crippen LogP contribution >= 0.6 is 0 Å². The lowest BCUT2D eigenvalue weighted by Gasteiger charge is -2.28. The van der Waals surface area contributed by atoms with Gasteiger partial charge in [-0.1, -0.05) is 19.1 Å². The van der Waals surface area contributed by atoms with E-state index in [4.69, 9.17) is 4.74 Å². The third kappa shape index (κ3) is 8.73. The summed E-state index contributed by atoms with van der Waals surface area (Å²) < 4.78 is 138. The van der Waals surface area contributed by atoms with Crippen molar-refractivity contribution >= 4 is 21.4 Å². The number of sulfone groups is 1. The third-order valence-electron chi connectivity index (χ3n) is 7.62. The topological polar surface area (TPSA) is 105 Å². The zero-order valence-electron chi connectivity index (χ0n) is 25.1. The van der Waals surface area contributed by atoms with Crippen molar-refractivity contribution in [1.82, 2.24) is 5.32 Å². The highest BCUT2D eigenvalue weighted by molar-refractivity contribution is 7.91. The van der Waals surface area contributed by atoms with Crippen molar-refractivity contribution in [2.45, 2.75) is 54.9 Å². The van der Waals surface area contributed by atoms with E-state index in [-0.39, 0.29) is 34.9 Å². The minimum absolute atomic E-state index is 0.0159. The van der Waals surface area contributed by atoms with Crippen molar-refractivity contribution in [3.63, 3.8) is 0 Å². The summed E-state index contributed by atoms with van der Waals surface area (Å²) in [5, 5.41) is 12.5. The maximum Gasteiger partial charge on any atom is 0.482 e. The van der Waals surface area contributed by atoms with Crippen LogP contribution in [0.5, 0.6) is 5.75 Å². The van der Waals surface area contributed by atoms with Gasteiger partial charge in [-0.15, -0.1) is 0 Å². The Balaban J connectivity index is 1.49. The molecular formula is C31H30F8N2O6S. The van der Waals surface area contributed by atoms with Gasteiger partial charge in [0.1, 0.15) is 11.9 Å². The molecule has 1 unspecified atom stereocenters. The average molecular weight is 711 g/mol. The van der Waals surface area contributed by atoms with Crippen LogP contribution < -0.4 is 15.0 Å². The first-order valence-corrected chi connectivity index (χ1v) is 16.0. The van der Waals surface area contributed by atoms with E-state index in [0.29, 0.717) is 11.3 Å². The van der Waals surface area contributed by atoms with E-state index in [1.165, 1.54) is 60.4 Å². The van der Waals surface area contributed by atoms with Crippen LogP contribution in [0, 0.1) is 0 Å². The monoisotopic (exact) mass is 710 g/mol. The van der Waals surface area contributed by atoms with Crippen LogP contribution in [0.15, 0.2) is 77.7 Å². The molecule has 3 atom stereocenters. The van der Waals surface area contributed by atoms with Crippen molar-refractivity contribution in [3.8, 4) is 5.75 Å². The predicted octanol–water partition coefficient (Wildman–Crippen LogP) is 6.16. The first-order chi connectivity index (χ1) is 22.3. The number of nitrogens with zero attached hydrogens (tertiary/aromatic N) is 1. The Morgan fingerprint density at radius 1 is 0.938 bits per heavy atom. The number of aliphatic hydroxyl groups is 1. The predicted molar refractivity (Wildman–Crippen MR) is 156 cm³/mol. The molecule has 1 fully saturated rings. The number of anilines is 1. The van der Waals surface area contributed by atoms with E-state index in [1.807, 2.05) is 0 Å². The summed E-state index contributed by atoms with van der Waals surface area (Å²) in [4.78, 5) is 14.5. The summed E-state index contributed by atoms with van der Waals surface area (Å²) in [5.41, 5.74) is -0.124. The number of hydrogen-bond acceptors (Lipinski definition) is 7. The molecule has 1 aliphatic rings. The summed E-state index contributed by atoms with van der Waals surface area (Å²) in [6, 6.07) is 12.8. The number of hydrogen-bond donors (Lipinski definition) is 2. The number of rotatable bonds is 12. The largest absolute Gasteiger partial charge is 0.489 e. The summed E-state index contributed by atoms with van der Waals surface area (Å²) in [7, 11) is -3.47. The highest BCUT2D eigenvalue weighted by atomic mass is 32.2. The lowest BCUT2D eigenvalue weighted by atomic mass is 10.1. The van der Waals surface area contributed by atoms with Gasteiger partial charge >= 0.3 is 18.5 Å². The van der Waals surface area contributed by atoms with E-state index in [0.717, 1.165) is 24.3 Å². The molecule has 262 valence electrons. The maximum atomic E-state index is 13.6. The number of carbonyl (C=O) groups excluding carboxylic acids is 1. The highest BCUT2D eigenvalue weighted by Crippen LogP contribution is 2.38. The van der Waals surface area contributed by atoms with Crippen LogP contribution in [-0.2, 0) is 20.8 Å². The van der Waals surface area contributed by atoms with E-state index in [9.17, 15) is 53.4 Å². The van der Waals surface area contributed by atoms with Gasteiger partial charge in [0, 0.05) is 17.7 Å². The second-order valence-corrected chi connectivity index (χ2v) is 13.1. The molecule has 2 N–H and O–H groups in total. The first kappa shape index (κ1) is 36.9. The number of carbonyl (C=O) groups is 1. The van der Waals surface area contributed by atoms with E-state index in [1.54, 1.807) is 0 Å². The molecule has 0 bridgehead atoms. The average Bonchev–Trinajstić information content (AvgIpc) is 3.44. The quantitative estimate of drug-likeness (QED) is 0.217. The molecule has 3 aromatic carbocycles. The van der Waals surface area contributed by atoms with Gasteiger partial charge in [-0.25, -0.2) is 8.42 Å². The molecule has 3 aromatic rings. The van der Waals surface area contributed by atoms with Crippen molar-refractivity contribution in [1.29, 1.82) is 0 Å². The fourth-order valence-electron chi connectivity index (χ4n) is 4.99. The number of nitrogens with one attached hydrogen (secondary N) is 1. The Morgan fingerprint density at radius 2 is 1.54 bits per heavy atom. The van der Waals surface area contributed by atoms with Crippen LogP contribution in [0.4, 0.5) is 40.8 Å². The van der Waals surface area contributed by atoms with Crippen LogP contribution in [0.3, 0.4) is 0 Å². The number of benzene rings is 3. The number of aliphatic hydroxyl groups excluding tert-OH is 1. The molecule has 1 saturated heterocycles. The van der Waals surface area contributed by atoms with Crippen LogP contribution in [0.25, 0.3) is 0 Å². The van der Waals surface area contributed by atoms with Gasteiger partial charge in [-0.2, -0.15) is 35.1 Å². The fourth-order valence-corrected chi connectivity index (χ4v) is 5.87. The lowest BCUT2D eigenvalue weighted by molar-refractivity contribution is -0.391. The van der Waals surface area contributed by atoms with Gasteiger partial charge in [0.05, 0.1) is 48.1 Å². The van der Waals surface area contributed by atoms with Crippen LogP contribution in [0.1, 0.15) is 40.9 Å². The maximum absolute atomic E-state index is 13.6. The molecule has 1 aliphatic heterocycles. The standard InChI is InChI=1S/C31H30F8N2O6S/c1-2-48(44,45)26-13-5-19(6-14-26)27(17-42)40-28(43)20-3-9-22(10-4-20)41-16-25(15-23(41)18-46-31(38,39)30(35,36)37)47-24-11-7-21(8-12-24)29(32,33)34/h3-14,23,25,27,42H,2,15-18H2,1H3,(H,40,43)/t23-,25?,27-/m0/s1. The molecule has 0 aliphatic carbocycles. The Kier molecular flexibility index (Phi) is 11.0. The molecule has 1 amide bonds. The third-order valence-corrected chi connectivity index (χ3v) is 9.37. The van der Waals surface area contributed by atoms with Gasteiger partial charge in [0.2, 0.25) is 0 Å². The second-order valence-electron chi connectivity index (χ2n) is 10.9. The van der Waals surface area contributed by atoms with Crippen LogP contribution in [0.2, 0.25) is 0 Å². The minimum Gasteiger partial charge on any atom is -0.489 e. The Hall–Kier alpha value is -3.96. The Labute approximate surface area is 270 Å². The van der Waals surface area contributed by atoms with Crippen molar-refractivity contribution in [3.05, 3.63) is 89.5 Å². The SMILES string of the molecule is CCS(=O)(=O)c1ccc([C@H](CO)NC(=O)c2ccc(N3CC(Oc4ccc(C(F)(F)F)cc4)C[C@H]3COC(F)(F)C(F)(F)F)cc2)cc1. The normalized spacial score (nSPS) is 18.1. The molecule has 0 saturated carbocycles. The first-order valence-electron chi connectivity index (χ1n) is 14.4. The summed E-state index contributed by atoms with van der Waals surface area (Å²) >= 11 is 0. The zero-order valence-corrected chi connectivity index (χ0v) is 25.9. The Morgan fingerprint density at radius 3 is 2.06 bits per heavy atom. The number of halogens is 8. The van der Waals surface area contributed by atoms with Crippen molar-refractivity contribution in [2.24, 2.45) is 0 Å². The molecule has 0 radical (unpaired) electrons. The zero-order chi connectivity index (χ0) is 35.5. The molecule has 0 spiro atoms. The van der Waals surface area contributed by atoms with Crippen molar-refractivity contribution in [2.75, 3.05) is 30.4 Å². The van der Waals surface area contributed by atoms with E-state index < -0.39 is 71.2 Å². The van der Waals surface area contributed by atoms with Gasteiger partial charge in [-0.05, 0) is 66.2 Å². The number of ether oxygens (including phenoxy) is 2. The molecule has 48 heavy (non-hydrogen) atoms. The summed E-state index contributed by atoms with van der Waals surface area (Å²) in [6.45, 7) is -0.195. The molecule has 4 rings (SSSR count). The van der Waals surface area contributed by atoms with E-state index in [2.05, 4.69) is 10.1 Å². The summed E-state index contributed by atoms with van der Waals surface area (Å²) in [5.74, 6) is -0.733. The van der Waals surface area contributed by atoms with E-state index >= 15 is 0 Å². The molecule has 0 aromatic heterocycles. The smallest absolute Gasteiger partial charge is 0.482 e. The number of alkyl halides is 8. The molecule has 1 heterocycles. The molecule has 8 nitrogen and oxygen atoms in total. The van der Waals surface area contributed by atoms with Crippen LogP contribution in [-0.4, -0.2) is 69.4 Å². The highest BCUT2D eigenvalue weighted by Gasteiger charge is 2.60. The summed E-state index contributed by atoms with van der Waals surface area (Å²) in [6.07, 6.45) is -17.0. The van der Waals surface area contributed by atoms with Gasteiger partial charge in [0.25, 0.3) is 5.91 Å². The second kappa shape index (κ2) is 14.3. The Bertz CT molecular complexity index is 1650. The van der Waals surface area contributed by atoms with Gasteiger partial charge in [-0.3, -0.25) is 4.79 Å². The van der Waals surface area contributed by atoms with Gasteiger partial charge < -0.3 is 24.8 Å². The lowest BCUT2D eigenvalue weighted by Crippen LogP contribution is -2.43. The molecule has 17 heteroatoms. The minimum atomic E-state index is -5.97. The van der Waals surface area contributed by atoms with Gasteiger partial charge in [0.15, 0.2) is 9.84 Å². The fraction of sp³-hybridized carbons (Fsp3) is 0.387.